The SMILES string of the molecule is C=CC(C)(O)CCC1(C)C(C)CCC2(C)C(C(=O)OC)=CCCC21. The van der Waals surface area contributed by atoms with E-state index in [0.717, 1.165) is 37.7 Å². The van der Waals surface area contributed by atoms with Crippen molar-refractivity contribution in [2.75, 3.05) is 7.11 Å². The monoisotopic (exact) mass is 334 g/mol. The average Bonchev–Trinajstić information content (AvgIpc) is 2.56. The van der Waals surface area contributed by atoms with Crippen LogP contribution in [0.1, 0.15) is 66.2 Å². The van der Waals surface area contributed by atoms with E-state index in [1.54, 1.807) is 6.08 Å². The van der Waals surface area contributed by atoms with Crippen molar-refractivity contribution in [3.05, 3.63) is 24.3 Å². The van der Waals surface area contributed by atoms with Crippen molar-refractivity contribution in [3.8, 4) is 0 Å². The molecular weight excluding hydrogens is 300 g/mol. The van der Waals surface area contributed by atoms with Gasteiger partial charge in [-0.2, -0.15) is 0 Å². The number of fused-ring (bicyclic) bond motifs is 1. The highest BCUT2D eigenvalue weighted by atomic mass is 16.5. The molecule has 5 atom stereocenters. The molecule has 136 valence electrons. The maximum atomic E-state index is 12.3. The molecule has 24 heavy (non-hydrogen) atoms. The molecule has 0 aromatic heterocycles. The van der Waals surface area contributed by atoms with Gasteiger partial charge in [0.2, 0.25) is 0 Å². The van der Waals surface area contributed by atoms with Crippen LogP contribution >= 0.6 is 0 Å². The van der Waals surface area contributed by atoms with Crippen LogP contribution in [0, 0.1) is 22.7 Å². The van der Waals surface area contributed by atoms with Crippen LogP contribution in [0.5, 0.6) is 0 Å². The molecule has 0 spiro atoms. The number of allylic oxidation sites excluding steroid dienone is 1. The van der Waals surface area contributed by atoms with E-state index >= 15 is 0 Å². The second kappa shape index (κ2) is 6.67. The number of carbonyl (C=O) groups excluding carboxylic acids is 1. The minimum absolute atomic E-state index is 0.105. The summed E-state index contributed by atoms with van der Waals surface area (Å²) in [6, 6.07) is 0. The van der Waals surface area contributed by atoms with Gasteiger partial charge in [0.05, 0.1) is 12.7 Å². The first-order valence-corrected chi connectivity index (χ1v) is 9.25. The molecule has 5 unspecified atom stereocenters. The van der Waals surface area contributed by atoms with Crippen molar-refractivity contribution in [2.24, 2.45) is 22.7 Å². The number of rotatable bonds is 5. The largest absolute Gasteiger partial charge is 0.466 e. The van der Waals surface area contributed by atoms with Gasteiger partial charge in [0.15, 0.2) is 0 Å². The maximum Gasteiger partial charge on any atom is 0.333 e. The van der Waals surface area contributed by atoms with Crippen LogP contribution in [0.15, 0.2) is 24.3 Å². The molecule has 0 bridgehead atoms. The highest BCUT2D eigenvalue weighted by Gasteiger charge is 2.55. The lowest BCUT2D eigenvalue weighted by atomic mass is 9.46. The van der Waals surface area contributed by atoms with Gasteiger partial charge in [-0.3, -0.25) is 0 Å². The number of methoxy groups -OCH3 is 1. The fourth-order valence-electron chi connectivity index (χ4n) is 5.16. The topological polar surface area (TPSA) is 46.5 Å². The molecule has 1 N–H and O–H groups in total. The molecule has 0 aliphatic heterocycles. The Morgan fingerprint density at radius 2 is 2.17 bits per heavy atom. The van der Waals surface area contributed by atoms with Gasteiger partial charge in [0.25, 0.3) is 0 Å². The van der Waals surface area contributed by atoms with E-state index < -0.39 is 5.60 Å². The molecule has 3 heteroatoms. The number of hydrogen-bond donors (Lipinski definition) is 1. The van der Waals surface area contributed by atoms with Crippen molar-refractivity contribution in [2.45, 2.75) is 71.8 Å². The van der Waals surface area contributed by atoms with Crippen LogP contribution < -0.4 is 0 Å². The molecule has 2 rings (SSSR count). The lowest BCUT2D eigenvalue weighted by molar-refractivity contribution is -0.140. The summed E-state index contributed by atoms with van der Waals surface area (Å²) >= 11 is 0. The van der Waals surface area contributed by atoms with E-state index in [1.165, 1.54) is 7.11 Å². The molecule has 0 saturated heterocycles. The van der Waals surface area contributed by atoms with Gasteiger partial charge in [0, 0.05) is 11.0 Å². The standard InChI is InChI=1S/C21H34O3/c1-7-19(3,23)13-14-20(4)15(2)11-12-21(5)16(18(22)24-6)9-8-10-17(20)21/h7,9,15,17,23H,1,8,10-14H2,2-6H3. The second-order valence-corrected chi connectivity index (χ2v) is 8.66. The Hall–Kier alpha value is -1.09. The lowest BCUT2D eigenvalue weighted by Crippen LogP contribution is -2.51. The third kappa shape index (κ3) is 3.20. The quantitative estimate of drug-likeness (QED) is 0.588. The van der Waals surface area contributed by atoms with E-state index in [9.17, 15) is 9.90 Å². The van der Waals surface area contributed by atoms with Crippen LogP contribution in [0.25, 0.3) is 0 Å². The second-order valence-electron chi connectivity index (χ2n) is 8.66. The fourth-order valence-corrected chi connectivity index (χ4v) is 5.16. The van der Waals surface area contributed by atoms with Gasteiger partial charge in [0.1, 0.15) is 0 Å². The number of carbonyl (C=O) groups is 1. The van der Waals surface area contributed by atoms with Gasteiger partial charge >= 0.3 is 5.97 Å². The van der Waals surface area contributed by atoms with Crippen LogP contribution in [0.3, 0.4) is 0 Å². The van der Waals surface area contributed by atoms with E-state index in [4.69, 9.17) is 4.74 Å². The van der Waals surface area contributed by atoms with E-state index in [1.807, 2.05) is 6.92 Å². The van der Waals surface area contributed by atoms with Crippen LogP contribution in [0.2, 0.25) is 0 Å². The van der Waals surface area contributed by atoms with Crippen LogP contribution in [-0.4, -0.2) is 23.8 Å². The molecule has 0 radical (unpaired) electrons. The Morgan fingerprint density at radius 3 is 2.75 bits per heavy atom. The zero-order chi connectivity index (χ0) is 18.2. The summed E-state index contributed by atoms with van der Waals surface area (Å²) in [5, 5.41) is 10.4. The van der Waals surface area contributed by atoms with Gasteiger partial charge in [-0.1, -0.05) is 32.9 Å². The summed E-state index contributed by atoms with van der Waals surface area (Å²) in [6.45, 7) is 12.5. The van der Waals surface area contributed by atoms with Gasteiger partial charge in [-0.05, 0) is 62.7 Å². The van der Waals surface area contributed by atoms with Crippen molar-refractivity contribution < 1.29 is 14.6 Å². The normalized spacial score (nSPS) is 38.5. The average molecular weight is 335 g/mol. The first kappa shape index (κ1) is 19.2. The number of esters is 1. The molecule has 1 fully saturated rings. The van der Waals surface area contributed by atoms with Gasteiger partial charge in [-0.25, -0.2) is 4.79 Å². The Labute approximate surface area is 147 Å². The first-order valence-electron chi connectivity index (χ1n) is 9.25. The predicted molar refractivity (Wildman–Crippen MR) is 97.5 cm³/mol. The van der Waals surface area contributed by atoms with Crippen molar-refractivity contribution in [1.82, 2.24) is 0 Å². The zero-order valence-corrected chi connectivity index (χ0v) is 16.0. The highest BCUT2D eigenvalue weighted by molar-refractivity contribution is 5.90. The number of aliphatic hydroxyl groups is 1. The minimum atomic E-state index is -0.827. The summed E-state index contributed by atoms with van der Waals surface area (Å²) < 4.78 is 5.07. The fraction of sp³-hybridized carbons (Fsp3) is 0.762. The first-order chi connectivity index (χ1) is 11.1. The molecule has 0 amide bonds. The van der Waals surface area contributed by atoms with Crippen LogP contribution in [0.4, 0.5) is 0 Å². The Bertz CT molecular complexity index is 533. The Kier molecular flexibility index (Phi) is 5.34. The third-order valence-corrected chi connectivity index (χ3v) is 7.22. The molecule has 1 saturated carbocycles. The van der Waals surface area contributed by atoms with E-state index in [0.29, 0.717) is 18.3 Å². The maximum absolute atomic E-state index is 12.3. The zero-order valence-electron chi connectivity index (χ0n) is 16.0. The number of hydrogen-bond acceptors (Lipinski definition) is 3. The molecule has 2 aliphatic rings. The number of ether oxygens (including phenoxy) is 1. The summed E-state index contributed by atoms with van der Waals surface area (Å²) in [7, 11) is 1.47. The van der Waals surface area contributed by atoms with Gasteiger partial charge in [-0.15, -0.1) is 6.58 Å². The van der Waals surface area contributed by atoms with Crippen molar-refractivity contribution in [3.63, 3.8) is 0 Å². The lowest BCUT2D eigenvalue weighted by Gasteiger charge is -2.58. The highest BCUT2D eigenvalue weighted by Crippen LogP contribution is 2.62. The summed E-state index contributed by atoms with van der Waals surface area (Å²) in [4.78, 5) is 12.3. The summed E-state index contributed by atoms with van der Waals surface area (Å²) in [5.74, 6) is 0.846. The smallest absolute Gasteiger partial charge is 0.333 e. The van der Waals surface area contributed by atoms with E-state index in [2.05, 4.69) is 33.4 Å². The van der Waals surface area contributed by atoms with E-state index in [-0.39, 0.29) is 16.8 Å². The molecule has 0 heterocycles. The third-order valence-electron chi connectivity index (χ3n) is 7.22. The van der Waals surface area contributed by atoms with Crippen LogP contribution in [-0.2, 0) is 9.53 Å². The van der Waals surface area contributed by atoms with Crippen molar-refractivity contribution >= 4 is 5.97 Å². The van der Waals surface area contributed by atoms with Gasteiger partial charge < -0.3 is 9.84 Å². The summed E-state index contributed by atoms with van der Waals surface area (Å²) in [6.07, 6.45) is 9.58. The molecular formula is C21H34O3. The van der Waals surface area contributed by atoms with Crippen molar-refractivity contribution in [1.29, 1.82) is 0 Å². The minimum Gasteiger partial charge on any atom is -0.466 e. The summed E-state index contributed by atoms with van der Waals surface area (Å²) in [5.41, 5.74) is 0.0294. The molecule has 3 nitrogen and oxygen atoms in total. The Balaban J connectivity index is 2.34. The molecule has 2 aliphatic carbocycles. The predicted octanol–water partition coefficient (Wildman–Crippen LogP) is 4.66. The molecule has 0 aromatic rings. The molecule has 0 aromatic carbocycles. The Morgan fingerprint density at radius 1 is 1.50 bits per heavy atom.